The summed E-state index contributed by atoms with van der Waals surface area (Å²) in [6, 6.07) is 0.116. The van der Waals surface area contributed by atoms with Gasteiger partial charge in [-0.1, -0.05) is 0 Å². The predicted molar refractivity (Wildman–Crippen MR) is 96.7 cm³/mol. The molecule has 1 aromatic heterocycles. The molecule has 0 spiro atoms. The Kier molecular flexibility index (Phi) is 5.14. The molecule has 2 aliphatic rings. The molecule has 3 rings (SSSR count). The van der Waals surface area contributed by atoms with Crippen molar-refractivity contribution >= 4 is 23.4 Å². The summed E-state index contributed by atoms with van der Waals surface area (Å²) >= 11 is 1.28. The molecule has 0 N–H and O–H groups in total. The van der Waals surface area contributed by atoms with E-state index in [4.69, 9.17) is 14.2 Å². The number of carbonyl (C=O) groups is 2. The number of nitrogens with zero attached hydrogens (tertiary/aromatic N) is 2. The Hall–Kier alpha value is -1.83. The van der Waals surface area contributed by atoms with Gasteiger partial charge in [0.15, 0.2) is 4.88 Å². The van der Waals surface area contributed by atoms with Crippen molar-refractivity contribution in [3.8, 4) is 5.88 Å². The second kappa shape index (κ2) is 7.06. The Morgan fingerprint density at radius 3 is 2.62 bits per heavy atom. The van der Waals surface area contributed by atoms with Crippen LogP contribution in [0, 0.1) is 12.8 Å². The Labute approximate surface area is 157 Å². The van der Waals surface area contributed by atoms with Gasteiger partial charge in [-0.05, 0) is 41.0 Å². The molecule has 2 bridgehead atoms. The molecule has 2 heterocycles. The van der Waals surface area contributed by atoms with Gasteiger partial charge < -0.3 is 19.1 Å². The molecule has 0 radical (unpaired) electrons. The third-order valence-corrected chi connectivity index (χ3v) is 5.46. The summed E-state index contributed by atoms with van der Waals surface area (Å²) in [6.07, 6.45) is 1.30. The Bertz CT molecular complexity index is 696. The maximum atomic E-state index is 12.3. The topological polar surface area (TPSA) is 78.0 Å². The van der Waals surface area contributed by atoms with Crippen LogP contribution in [0.3, 0.4) is 0 Å². The van der Waals surface area contributed by atoms with Gasteiger partial charge in [-0.2, -0.15) is 0 Å². The van der Waals surface area contributed by atoms with E-state index in [1.165, 1.54) is 11.3 Å². The van der Waals surface area contributed by atoms with Crippen LogP contribution in [0.5, 0.6) is 5.88 Å². The lowest BCUT2D eigenvalue weighted by molar-refractivity contribution is 0.0101. The van der Waals surface area contributed by atoms with Crippen molar-refractivity contribution < 1.29 is 23.8 Å². The number of piperidine rings is 1. The minimum Gasteiger partial charge on any atom is -0.473 e. The maximum Gasteiger partial charge on any atom is 0.410 e. The molecule has 26 heavy (non-hydrogen) atoms. The average Bonchev–Trinajstić information content (AvgIpc) is 3.19. The predicted octanol–water partition coefficient (Wildman–Crippen LogP) is 3.40. The fraction of sp³-hybridized carbons (Fsp3) is 0.722. The highest BCUT2D eigenvalue weighted by Crippen LogP contribution is 2.41. The Morgan fingerprint density at radius 2 is 2.04 bits per heavy atom. The Morgan fingerprint density at radius 1 is 1.31 bits per heavy atom. The van der Waals surface area contributed by atoms with E-state index < -0.39 is 11.6 Å². The van der Waals surface area contributed by atoms with Crippen molar-refractivity contribution in [1.29, 1.82) is 0 Å². The van der Waals surface area contributed by atoms with Crippen LogP contribution in [0.2, 0.25) is 0 Å². The molecule has 144 valence electrons. The van der Waals surface area contributed by atoms with E-state index in [2.05, 4.69) is 4.98 Å². The molecule has 8 heteroatoms. The number of ether oxygens (including phenoxy) is 3. The first-order valence-electron chi connectivity index (χ1n) is 8.98. The van der Waals surface area contributed by atoms with Crippen LogP contribution >= 0.6 is 11.3 Å². The molecule has 7 nitrogen and oxygen atoms in total. The number of esters is 1. The summed E-state index contributed by atoms with van der Waals surface area (Å²) in [5.41, 5.74) is -0.499. The number of hydrogen-bond acceptors (Lipinski definition) is 7. The van der Waals surface area contributed by atoms with E-state index in [9.17, 15) is 9.59 Å². The lowest BCUT2D eigenvalue weighted by atomic mass is 10.1. The molecular weight excluding hydrogens is 356 g/mol. The van der Waals surface area contributed by atoms with E-state index in [1.54, 1.807) is 11.8 Å². The summed E-state index contributed by atoms with van der Waals surface area (Å²) in [6.45, 7) is 10.1. The van der Waals surface area contributed by atoms with Gasteiger partial charge in [-0.3, -0.25) is 0 Å². The largest absolute Gasteiger partial charge is 0.473 e. The zero-order valence-electron chi connectivity index (χ0n) is 15.9. The highest BCUT2D eigenvalue weighted by molar-refractivity contribution is 7.13. The molecule has 3 unspecified atom stereocenters. The minimum atomic E-state index is -0.499. The van der Waals surface area contributed by atoms with E-state index in [1.807, 2.05) is 27.7 Å². The number of hydrogen-bond donors (Lipinski definition) is 0. The van der Waals surface area contributed by atoms with Gasteiger partial charge in [0.1, 0.15) is 11.7 Å². The van der Waals surface area contributed by atoms with Gasteiger partial charge in [0.05, 0.1) is 11.6 Å². The molecule has 1 amide bonds. The number of likely N-dealkylation sites (tertiary alicyclic amines) is 1. The van der Waals surface area contributed by atoms with Crippen LogP contribution in [0.1, 0.15) is 55.2 Å². The SMILES string of the molecule is CCOC(=O)c1sc(C)nc1OC1CC2CC1CN2C(=O)OC(C)(C)C. The second-order valence-electron chi connectivity index (χ2n) is 7.76. The normalized spacial score (nSPS) is 24.7. The molecule has 3 atom stereocenters. The Balaban J connectivity index is 1.64. The van der Waals surface area contributed by atoms with Crippen LogP contribution in [0.15, 0.2) is 0 Å². The standard InChI is InChI=1S/C18H26N2O5S/c1-6-23-16(21)14-15(19-10(2)26-14)24-13-8-12-7-11(13)9-20(12)17(22)25-18(3,4)5/h11-13H,6-9H2,1-5H3. The van der Waals surface area contributed by atoms with E-state index in [0.717, 1.165) is 17.8 Å². The quantitative estimate of drug-likeness (QED) is 0.743. The van der Waals surface area contributed by atoms with E-state index in [-0.39, 0.29) is 24.2 Å². The van der Waals surface area contributed by atoms with Gasteiger partial charge >= 0.3 is 12.1 Å². The lowest BCUT2D eigenvalue weighted by Crippen LogP contribution is -2.45. The summed E-state index contributed by atoms with van der Waals surface area (Å²) in [4.78, 5) is 31.0. The van der Waals surface area contributed by atoms with Crippen LogP contribution in [0.25, 0.3) is 0 Å². The first kappa shape index (κ1) is 18.9. The van der Waals surface area contributed by atoms with E-state index in [0.29, 0.717) is 23.9 Å². The van der Waals surface area contributed by atoms with Crippen molar-refractivity contribution in [2.24, 2.45) is 5.92 Å². The first-order chi connectivity index (χ1) is 12.2. The molecular formula is C18H26N2O5S. The monoisotopic (exact) mass is 382 g/mol. The maximum absolute atomic E-state index is 12.3. The number of amides is 1. The summed E-state index contributed by atoms with van der Waals surface area (Å²) in [7, 11) is 0. The minimum absolute atomic E-state index is 0.0478. The van der Waals surface area contributed by atoms with Gasteiger partial charge in [0, 0.05) is 24.9 Å². The van der Waals surface area contributed by atoms with Crippen molar-refractivity contribution in [2.45, 2.75) is 65.2 Å². The number of fused-ring (bicyclic) bond motifs is 2. The van der Waals surface area contributed by atoms with Crippen LogP contribution < -0.4 is 4.74 Å². The van der Waals surface area contributed by atoms with Gasteiger partial charge in [0.25, 0.3) is 0 Å². The summed E-state index contributed by atoms with van der Waals surface area (Å²) in [5.74, 6) is 0.184. The van der Waals surface area contributed by atoms with Crippen molar-refractivity contribution in [3.05, 3.63) is 9.88 Å². The average molecular weight is 382 g/mol. The van der Waals surface area contributed by atoms with Crippen LogP contribution in [0.4, 0.5) is 4.79 Å². The molecule has 1 aromatic rings. The number of carbonyl (C=O) groups excluding carboxylic acids is 2. The highest BCUT2D eigenvalue weighted by Gasteiger charge is 2.49. The fourth-order valence-corrected chi connectivity index (χ4v) is 4.30. The van der Waals surface area contributed by atoms with Crippen molar-refractivity contribution in [1.82, 2.24) is 9.88 Å². The van der Waals surface area contributed by atoms with Gasteiger partial charge in [-0.15, -0.1) is 11.3 Å². The third kappa shape index (κ3) is 3.95. The second-order valence-corrected chi connectivity index (χ2v) is 8.97. The zero-order chi connectivity index (χ0) is 19.1. The number of thiazole rings is 1. The molecule has 0 aromatic carbocycles. The molecule has 1 aliphatic heterocycles. The number of aryl methyl sites for hydroxylation is 1. The summed E-state index contributed by atoms with van der Waals surface area (Å²) in [5, 5.41) is 0.765. The number of rotatable bonds is 4. The lowest BCUT2D eigenvalue weighted by Gasteiger charge is -2.33. The van der Waals surface area contributed by atoms with Crippen LogP contribution in [-0.2, 0) is 9.47 Å². The first-order valence-corrected chi connectivity index (χ1v) is 9.80. The van der Waals surface area contributed by atoms with Crippen LogP contribution in [-0.4, -0.2) is 52.8 Å². The molecule has 2 fully saturated rings. The highest BCUT2D eigenvalue weighted by atomic mass is 32.1. The summed E-state index contributed by atoms with van der Waals surface area (Å²) < 4.78 is 16.6. The third-order valence-electron chi connectivity index (χ3n) is 4.53. The molecule has 1 saturated carbocycles. The molecule has 1 aliphatic carbocycles. The van der Waals surface area contributed by atoms with Gasteiger partial charge in [-0.25, -0.2) is 14.6 Å². The van der Waals surface area contributed by atoms with Gasteiger partial charge in [0.2, 0.25) is 5.88 Å². The smallest absolute Gasteiger partial charge is 0.410 e. The number of aromatic nitrogens is 1. The van der Waals surface area contributed by atoms with Crippen molar-refractivity contribution in [2.75, 3.05) is 13.2 Å². The zero-order valence-corrected chi connectivity index (χ0v) is 16.7. The van der Waals surface area contributed by atoms with Crippen molar-refractivity contribution in [3.63, 3.8) is 0 Å². The fourth-order valence-electron chi connectivity index (χ4n) is 3.55. The molecule has 1 saturated heterocycles. The van der Waals surface area contributed by atoms with E-state index >= 15 is 0 Å².